The summed E-state index contributed by atoms with van der Waals surface area (Å²) in [6.07, 6.45) is 2.14. The summed E-state index contributed by atoms with van der Waals surface area (Å²) in [5, 5.41) is 10.9. The Hall–Kier alpha value is -2.18. The van der Waals surface area contributed by atoms with E-state index in [-0.39, 0.29) is 6.42 Å². The summed E-state index contributed by atoms with van der Waals surface area (Å²) in [5.74, 6) is -1.01. The van der Waals surface area contributed by atoms with Gasteiger partial charge >= 0.3 is 5.97 Å². The van der Waals surface area contributed by atoms with Crippen molar-refractivity contribution >= 4 is 22.3 Å². The first-order chi connectivity index (χ1) is 9.66. The second-order valence-electron chi connectivity index (χ2n) is 4.48. The molecule has 0 spiro atoms. The lowest BCUT2D eigenvalue weighted by molar-refractivity contribution is -0.138. The van der Waals surface area contributed by atoms with E-state index in [1.807, 2.05) is 46.3 Å². The molecule has 0 aliphatic heterocycles. The monoisotopic (exact) mass is 287 g/mol. The van der Waals surface area contributed by atoms with Crippen LogP contribution < -0.4 is 5.73 Å². The molecule has 0 saturated carbocycles. The van der Waals surface area contributed by atoms with Gasteiger partial charge < -0.3 is 10.8 Å². The standard InChI is InChI=1S/C14H13N3O2S/c15-10(13(18)19)8-11-12(9-4-2-1-3-5-9)16-14-17(11)6-7-20-14/h1-7,10H,8,15H2,(H,18,19). The molecule has 0 bridgehead atoms. The maximum Gasteiger partial charge on any atom is 0.320 e. The molecule has 0 amide bonds. The molecule has 1 aromatic carbocycles. The second-order valence-corrected chi connectivity index (χ2v) is 5.35. The van der Waals surface area contributed by atoms with Gasteiger partial charge in [-0.3, -0.25) is 9.20 Å². The Kier molecular flexibility index (Phi) is 3.25. The highest BCUT2D eigenvalue weighted by atomic mass is 32.1. The van der Waals surface area contributed by atoms with Crippen molar-refractivity contribution in [1.82, 2.24) is 9.38 Å². The third kappa shape index (κ3) is 2.19. The number of aliphatic carboxylic acids is 1. The molecule has 102 valence electrons. The van der Waals surface area contributed by atoms with Gasteiger partial charge in [-0.1, -0.05) is 30.3 Å². The van der Waals surface area contributed by atoms with Crippen molar-refractivity contribution in [3.05, 3.63) is 47.6 Å². The van der Waals surface area contributed by atoms with Crippen LogP contribution in [0.5, 0.6) is 0 Å². The summed E-state index contributed by atoms with van der Waals surface area (Å²) in [4.78, 5) is 16.4. The Labute approximate surface area is 119 Å². The van der Waals surface area contributed by atoms with E-state index in [0.29, 0.717) is 0 Å². The minimum atomic E-state index is -1.01. The molecule has 1 unspecified atom stereocenters. The number of hydrogen-bond acceptors (Lipinski definition) is 4. The van der Waals surface area contributed by atoms with Crippen molar-refractivity contribution in [3.8, 4) is 11.3 Å². The van der Waals surface area contributed by atoms with Gasteiger partial charge in [0.2, 0.25) is 0 Å². The maximum absolute atomic E-state index is 11.0. The van der Waals surface area contributed by atoms with Gasteiger partial charge in [0.1, 0.15) is 6.04 Å². The van der Waals surface area contributed by atoms with Crippen LogP contribution in [0, 0.1) is 0 Å². The molecule has 2 aromatic heterocycles. The number of rotatable bonds is 4. The van der Waals surface area contributed by atoms with Gasteiger partial charge in [0.25, 0.3) is 0 Å². The normalized spacial score (nSPS) is 12.7. The molecule has 0 radical (unpaired) electrons. The van der Waals surface area contributed by atoms with Crippen LogP contribution in [0.15, 0.2) is 41.9 Å². The average molecular weight is 287 g/mol. The molecule has 2 heterocycles. The van der Waals surface area contributed by atoms with Crippen LogP contribution in [0.1, 0.15) is 5.69 Å². The Morgan fingerprint density at radius 2 is 2.15 bits per heavy atom. The van der Waals surface area contributed by atoms with Crippen molar-refractivity contribution in [2.45, 2.75) is 12.5 Å². The quantitative estimate of drug-likeness (QED) is 0.769. The zero-order chi connectivity index (χ0) is 14.1. The number of hydrogen-bond donors (Lipinski definition) is 2. The molecule has 0 saturated heterocycles. The second kappa shape index (κ2) is 5.07. The van der Waals surface area contributed by atoms with E-state index in [1.54, 1.807) is 0 Å². The fourth-order valence-electron chi connectivity index (χ4n) is 2.15. The Balaban J connectivity index is 2.12. The van der Waals surface area contributed by atoms with E-state index < -0.39 is 12.0 Å². The highest BCUT2D eigenvalue weighted by molar-refractivity contribution is 7.15. The molecule has 0 fully saturated rings. The number of thiazole rings is 1. The maximum atomic E-state index is 11.0. The molecule has 3 N–H and O–H groups in total. The fraction of sp³-hybridized carbons (Fsp3) is 0.143. The smallest absolute Gasteiger partial charge is 0.320 e. The van der Waals surface area contributed by atoms with E-state index in [4.69, 9.17) is 10.8 Å². The number of aromatic nitrogens is 2. The third-order valence-corrected chi connectivity index (χ3v) is 3.90. The van der Waals surface area contributed by atoms with Gasteiger partial charge in [-0.05, 0) is 0 Å². The number of carboxylic acid groups (broad SMARTS) is 1. The van der Waals surface area contributed by atoms with Gasteiger partial charge in [0, 0.05) is 23.6 Å². The summed E-state index contributed by atoms with van der Waals surface area (Å²) in [5.41, 5.74) is 8.28. The first-order valence-corrected chi connectivity index (χ1v) is 7.03. The molecule has 20 heavy (non-hydrogen) atoms. The zero-order valence-corrected chi connectivity index (χ0v) is 11.4. The topological polar surface area (TPSA) is 80.6 Å². The highest BCUT2D eigenvalue weighted by Crippen LogP contribution is 2.27. The van der Waals surface area contributed by atoms with Crippen molar-refractivity contribution < 1.29 is 9.90 Å². The fourth-order valence-corrected chi connectivity index (χ4v) is 2.88. The lowest BCUT2D eigenvalue weighted by atomic mass is 10.1. The number of nitrogens with two attached hydrogens (primary N) is 1. The molecule has 0 aliphatic rings. The Morgan fingerprint density at radius 3 is 2.85 bits per heavy atom. The zero-order valence-electron chi connectivity index (χ0n) is 10.6. The third-order valence-electron chi connectivity index (χ3n) is 3.14. The Morgan fingerprint density at radius 1 is 1.40 bits per heavy atom. The van der Waals surface area contributed by atoms with Crippen LogP contribution in [-0.2, 0) is 11.2 Å². The van der Waals surface area contributed by atoms with Crippen LogP contribution in [0.4, 0.5) is 0 Å². The highest BCUT2D eigenvalue weighted by Gasteiger charge is 2.20. The summed E-state index contributed by atoms with van der Waals surface area (Å²) >= 11 is 1.52. The largest absolute Gasteiger partial charge is 0.480 e. The van der Waals surface area contributed by atoms with Crippen molar-refractivity contribution in [2.75, 3.05) is 0 Å². The SMILES string of the molecule is NC(Cc1c(-c2ccccc2)nc2sccn12)C(=O)O. The first kappa shape index (κ1) is 12.8. The number of fused-ring (bicyclic) bond motifs is 1. The average Bonchev–Trinajstić information content (AvgIpc) is 3.02. The number of nitrogens with zero attached hydrogens (tertiary/aromatic N) is 2. The molecule has 5 nitrogen and oxygen atoms in total. The minimum absolute atomic E-state index is 0.247. The van der Waals surface area contributed by atoms with E-state index in [9.17, 15) is 4.79 Å². The van der Waals surface area contributed by atoms with Gasteiger partial charge in [0.15, 0.2) is 4.96 Å². The van der Waals surface area contributed by atoms with Gasteiger partial charge in [-0.2, -0.15) is 0 Å². The van der Waals surface area contributed by atoms with Gasteiger partial charge in [-0.25, -0.2) is 4.98 Å². The van der Waals surface area contributed by atoms with Gasteiger partial charge in [0.05, 0.1) is 11.4 Å². The summed E-state index contributed by atoms with van der Waals surface area (Å²) in [6, 6.07) is 8.79. The number of benzene rings is 1. The molecular formula is C14H13N3O2S. The van der Waals surface area contributed by atoms with Crippen LogP contribution in [0.25, 0.3) is 16.2 Å². The van der Waals surface area contributed by atoms with Crippen LogP contribution >= 0.6 is 11.3 Å². The predicted molar refractivity (Wildman–Crippen MR) is 77.8 cm³/mol. The van der Waals surface area contributed by atoms with E-state index >= 15 is 0 Å². The molecule has 0 aliphatic carbocycles. The lowest BCUT2D eigenvalue weighted by Gasteiger charge is -2.08. The number of carbonyl (C=O) groups is 1. The van der Waals surface area contributed by atoms with Gasteiger partial charge in [-0.15, -0.1) is 11.3 Å². The Bertz CT molecular complexity index is 748. The van der Waals surface area contributed by atoms with Crippen molar-refractivity contribution in [2.24, 2.45) is 5.73 Å². The summed E-state index contributed by atoms with van der Waals surface area (Å²) in [7, 11) is 0. The van der Waals surface area contributed by atoms with Crippen LogP contribution in [0.2, 0.25) is 0 Å². The number of imidazole rings is 1. The van der Waals surface area contributed by atoms with E-state index in [2.05, 4.69) is 4.98 Å². The van der Waals surface area contributed by atoms with Crippen LogP contribution in [0.3, 0.4) is 0 Å². The first-order valence-electron chi connectivity index (χ1n) is 6.15. The van der Waals surface area contributed by atoms with E-state index in [0.717, 1.165) is 21.9 Å². The molecule has 6 heteroatoms. The van der Waals surface area contributed by atoms with E-state index in [1.165, 1.54) is 11.3 Å². The summed E-state index contributed by atoms with van der Waals surface area (Å²) in [6.45, 7) is 0. The van der Waals surface area contributed by atoms with Crippen molar-refractivity contribution in [3.63, 3.8) is 0 Å². The molecular weight excluding hydrogens is 274 g/mol. The predicted octanol–water partition coefficient (Wildman–Crippen LogP) is 2.02. The molecule has 1 atom stereocenters. The van der Waals surface area contributed by atoms with Crippen LogP contribution in [-0.4, -0.2) is 26.5 Å². The lowest BCUT2D eigenvalue weighted by Crippen LogP contribution is -2.32. The summed E-state index contributed by atoms with van der Waals surface area (Å²) < 4.78 is 1.91. The van der Waals surface area contributed by atoms with Crippen molar-refractivity contribution in [1.29, 1.82) is 0 Å². The number of carboxylic acids is 1. The molecule has 3 rings (SSSR count). The molecule has 3 aromatic rings. The minimum Gasteiger partial charge on any atom is -0.480 e.